The average Bonchev–Trinajstić information content (AvgIpc) is 2.48. The van der Waals surface area contributed by atoms with Crippen LogP contribution in [-0.4, -0.2) is 58.9 Å². The normalized spacial score (nSPS) is 12.0. The van der Waals surface area contributed by atoms with E-state index in [0.717, 1.165) is 23.0 Å². The second kappa shape index (κ2) is 18.4. The summed E-state index contributed by atoms with van der Waals surface area (Å²) in [6, 6.07) is 0. The van der Waals surface area contributed by atoms with Crippen LogP contribution in [0.2, 0.25) is 0 Å². The average molecular weight is 548 g/mol. The van der Waals surface area contributed by atoms with E-state index in [1.54, 1.807) is 0 Å². The van der Waals surface area contributed by atoms with Gasteiger partial charge in [0.25, 0.3) is 0 Å². The van der Waals surface area contributed by atoms with Crippen molar-refractivity contribution in [1.29, 1.82) is 0 Å². The molecule has 0 amide bonds. The third-order valence-electron chi connectivity index (χ3n) is 2.33. The van der Waals surface area contributed by atoms with Gasteiger partial charge in [0.15, 0.2) is 0 Å². The SMILES string of the molecule is SCCC[S][Sn]([S]CCCS)([S]CCCS)[S]CCCS. The van der Waals surface area contributed by atoms with Gasteiger partial charge in [-0.15, -0.1) is 0 Å². The summed E-state index contributed by atoms with van der Waals surface area (Å²) in [5.41, 5.74) is 0. The third kappa shape index (κ3) is 14.5. The first-order chi connectivity index (χ1) is 10.2. The Labute approximate surface area is 168 Å². The van der Waals surface area contributed by atoms with Gasteiger partial charge in [-0.25, -0.2) is 0 Å². The molecule has 0 fully saturated rings. The van der Waals surface area contributed by atoms with Crippen molar-refractivity contribution in [3.8, 4) is 0 Å². The van der Waals surface area contributed by atoms with Crippen molar-refractivity contribution < 1.29 is 0 Å². The fraction of sp³-hybridized carbons (Fsp3) is 1.00. The van der Waals surface area contributed by atoms with E-state index < -0.39 is 12.8 Å². The van der Waals surface area contributed by atoms with Gasteiger partial charge in [-0.3, -0.25) is 0 Å². The van der Waals surface area contributed by atoms with Gasteiger partial charge in [0.05, 0.1) is 0 Å². The molecule has 0 unspecified atom stereocenters. The minimum absolute atomic E-state index is 1.01. The fourth-order valence-corrected chi connectivity index (χ4v) is 53.4. The van der Waals surface area contributed by atoms with Crippen LogP contribution in [0.15, 0.2) is 0 Å². The zero-order chi connectivity index (χ0) is 15.8. The summed E-state index contributed by atoms with van der Waals surface area (Å²) in [5.74, 6) is 9.20. The first-order valence-electron chi connectivity index (χ1n) is 7.24. The molecular formula is C12H28S8Sn. The van der Waals surface area contributed by atoms with Crippen molar-refractivity contribution >= 4 is 99.1 Å². The molecule has 0 aliphatic heterocycles. The molecule has 0 aliphatic rings. The van der Waals surface area contributed by atoms with E-state index in [0.29, 0.717) is 0 Å². The van der Waals surface area contributed by atoms with Crippen molar-refractivity contribution in [3.05, 3.63) is 0 Å². The van der Waals surface area contributed by atoms with Gasteiger partial charge in [0.1, 0.15) is 0 Å². The Morgan fingerprint density at radius 3 is 0.905 bits per heavy atom. The second-order valence-corrected chi connectivity index (χ2v) is 48.4. The molecule has 0 atom stereocenters. The Morgan fingerprint density at radius 1 is 0.476 bits per heavy atom. The van der Waals surface area contributed by atoms with Crippen molar-refractivity contribution in [2.75, 3.05) is 46.0 Å². The van der Waals surface area contributed by atoms with E-state index in [-0.39, 0.29) is 0 Å². The van der Waals surface area contributed by atoms with Gasteiger partial charge in [0.2, 0.25) is 0 Å². The molecule has 0 rings (SSSR count). The van der Waals surface area contributed by atoms with Crippen LogP contribution in [0.3, 0.4) is 0 Å². The first kappa shape index (κ1) is 24.6. The van der Waals surface area contributed by atoms with Crippen LogP contribution < -0.4 is 0 Å². The summed E-state index contributed by atoms with van der Waals surface area (Å²) in [4.78, 5) is 0. The van der Waals surface area contributed by atoms with Crippen molar-refractivity contribution in [2.45, 2.75) is 25.7 Å². The summed E-state index contributed by atoms with van der Waals surface area (Å²) < 4.78 is 0. The van der Waals surface area contributed by atoms with Gasteiger partial charge in [-0.1, -0.05) is 0 Å². The molecule has 0 bridgehead atoms. The maximum absolute atomic E-state index is 4.37. The molecule has 0 nitrogen and oxygen atoms in total. The van der Waals surface area contributed by atoms with Gasteiger partial charge in [0, 0.05) is 0 Å². The molecular weight excluding hydrogens is 519 g/mol. The molecule has 21 heavy (non-hydrogen) atoms. The van der Waals surface area contributed by atoms with Gasteiger partial charge in [-0.05, 0) is 0 Å². The quantitative estimate of drug-likeness (QED) is 0.112. The Kier molecular flexibility index (Phi) is 21.5. The summed E-state index contributed by atoms with van der Waals surface area (Å²) in [6.07, 6.45) is 4.94. The Hall–Kier alpha value is 3.60. The minimum atomic E-state index is -2.26. The van der Waals surface area contributed by atoms with Crippen molar-refractivity contribution in [3.63, 3.8) is 0 Å². The molecule has 0 saturated carbocycles. The molecule has 0 aromatic heterocycles. The summed E-state index contributed by atoms with van der Waals surface area (Å²) >= 11 is 15.2. The summed E-state index contributed by atoms with van der Waals surface area (Å²) in [6.45, 7) is 0. The standard InChI is InChI=1S/4C3H8S2.Sn/c4*4-2-1-3-5;/h4*4-5H,1-3H2;/q;;;;+4/p-4. The second-order valence-electron chi connectivity index (χ2n) is 4.20. The van der Waals surface area contributed by atoms with Crippen LogP contribution in [0.5, 0.6) is 0 Å². The molecule has 0 spiro atoms. The summed E-state index contributed by atoms with van der Waals surface area (Å²) in [5, 5.41) is 0. The van der Waals surface area contributed by atoms with E-state index in [1.807, 2.05) is 0 Å². The van der Waals surface area contributed by atoms with E-state index in [2.05, 4.69) is 86.3 Å². The fourth-order valence-electron chi connectivity index (χ4n) is 1.30. The van der Waals surface area contributed by atoms with Gasteiger partial charge < -0.3 is 0 Å². The Balaban J connectivity index is 4.52. The molecule has 0 aromatic carbocycles. The van der Waals surface area contributed by atoms with Crippen LogP contribution in [0.25, 0.3) is 0 Å². The van der Waals surface area contributed by atoms with Gasteiger partial charge in [-0.2, -0.15) is 0 Å². The van der Waals surface area contributed by atoms with Crippen LogP contribution in [0.1, 0.15) is 25.7 Å². The van der Waals surface area contributed by atoms with E-state index in [9.17, 15) is 0 Å². The Morgan fingerprint density at radius 2 is 0.714 bits per heavy atom. The van der Waals surface area contributed by atoms with Gasteiger partial charge >= 0.3 is 171 Å². The summed E-state index contributed by atoms with van der Waals surface area (Å²) in [7, 11) is 9.28. The van der Waals surface area contributed by atoms with Crippen LogP contribution in [0.4, 0.5) is 0 Å². The van der Waals surface area contributed by atoms with Crippen LogP contribution in [-0.2, 0) is 0 Å². The Bertz CT molecular complexity index is 174. The number of thiol groups is 4. The predicted octanol–water partition coefficient (Wildman–Crippen LogP) is 5.63. The van der Waals surface area contributed by atoms with E-state index >= 15 is 0 Å². The molecule has 0 radical (unpaired) electrons. The third-order valence-corrected chi connectivity index (χ3v) is 54.5. The van der Waals surface area contributed by atoms with Crippen LogP contribution in [0, 0.1) is 0 Å². The van der Waals surface area contributed by atoms with E-state index in [4.69, 9.17) is 0 Å². The maximum atomic E-state index is 4.37. The van der Waals surface area contributed by atoms with Crippen molar-refractivity contribution in [1.82, 2.24) is 0 Å². The zero-order valence-corrected chi connectivity index (χ0v) is 22.1. The van der Waals surface area contributed by atoms with Crippen LogP contribution >= 0.6 is 86.3 Å². The molecule has 0 N–H and O–H groups in total. The first-order valence-corrected chi connectivity index (χ1v) is 27.7. The van der Waals surface area contributed by atoms with E-state index in [1.165, 1.54) is 48.7 Å². The monoisotopic (exact) mass is 548 g/mol. The topological polar surface area (TPSA) is 0 Å². The molecule has 0 heterocycles. The molecule has 0 aromatic rings. The number of rotatable bonds is 16. The number of hydrogen-bond donors (Lipinski definition) is 4. The predicted molar refractivity (Wildman–Crippen MR) is 129 cm³/mol. The molecule has 0 aliphatic carbocycles. The molecule has 0 saturated heterocycles. The number of hydrogen-bond acceptors (Lipinski definition) is 8. The zero-order valence-electron chi connectivity index (χ0n) is 12.4. The molecule has 9 heteroatoms. The van der Waals surface area contributed by atoms with Crippen molar-refractivity contribution in [2.24, 2.45) is 0 Å². The molecule has 128 valence electrons.